The molecule has 0 aliphatic rings. The lowest BCUT2D eigenvalue weighted by Gasteiger charge is -2.14. The monoisotopic (exact) mass is 533 g/mol. The minimum absolute atomic E-state index is 0.00365. The van der Waals surface area contributed by atoms with E-state index in [1.54, 1.807) is 31.3 Å². The third-order valence-electron chi connectivity index (χ3n) is 5.59. The first kappa shape index (κ1) is 20.9. The van der Waals surface area contributed by atoms with Gasteiger partial charge < -0.3 is 15.2 Å². The van der Waals surface area contributed by atoms with Crippen molar-refractivity contribution in [2.75, 3.05) is 10.6 Å². The zero-order chi connectivity index (χ0) is 31.1. The summed E-state index contributed by atoms with van der Waals surface area (Å²) < 4.78 is 74.6. The minimum Gasteiger partial charge on any atom is -0.324 e. The Morgan fingerprint density at radius 3 is 2.64 bits per heavy atom. The number of amides is 1. The highest BCUT2D eigenvalue weighted by Gasteiger charge is 2.31. The van der Waals surface area contributed by atoms with E-state index in [4.69, 9.17) is 5.48 Å². The molecule has 8 nitrogen and oxygen atoms in total. The maximum absolute atomic E-state index is 13.7. The summed E-state index contributed by atoms with van der Waals surface area (Å²) in [6, 6.07) is 10.5. The van der Waals surface area contributed by atoms with Crippen LogP contribution in [0.15, 0.2) is 85.6 Å². The van der Waals surface area contributed by atoms with Crippen LogP contribution in [-0.2, 0) is 6.18 Å². The highest BCUT2D eigenvalue weighted by Crippen LogP contribution is 2.33. The predicted molar refractivity (Wildman–Crippen MR) is 141 cm³/mol. The number of imidazole rings is 1. The van der Waals surface area contributed by atoms with Gasteiger partial charge in [0.2, 0.25) is 5.95 Å². The van der Waals surface area contributed by atoms with Gasteiger partial charge in [-0.15, -0.1) is 0 Å². The number of pyridine rings is 1. The Morgan fingerprint density at radius 2 is 1.92 bits per heavy atom. The van der Waals surface area contributed by atoms with E-state index >= 15 is 0 Å². The summed E-state index contributed by atoms with van der Waals surface area (Å²) in [4.78, 5) is 29.4. The lowest BCUT2D eigenvalue weighted by molar-refractivity contribution is -0.137. The van der Waals surface area contributed by atoms with Crippen LogP contribution < -0.4 is 10.6 Å². The van der Waals surface area contributed by atoms with E-state index in [9.17, 15) is 18.0 Å². The molecule has 5 aromatic rings. The number of nitrogens with one attached hydrogen (secondary N) is 2. The van der Waals surface area contributed by atoms with Gasteiger partial charge in [-0.25, -0.2) is 15.0 Å². The first-order valence-corrected chi connectivity index (χ1v) is 11.5. The third-order valence-corrected chi connectivity index (χ3v) is 5.59. The van der Waals surface area contributed by atoms with Crippen molar-refractivity contribution < 1.29 is 23.4 Å². The van der Waals surface area contributed by atoms with Gasteiger partial charge in [0.1, 0.15) is 1.37 Å². The molecule has 0 saturated carbocycles. The second-order valence-corrected chi connectivity index (χ2v) is 8.49. The summed E-state index contributed by atoms with van der Waals surface area (Å²) in [5.41, 5.74) is 0.567. The molecule has 1 amide bonds. The summed E-state index contributed by atoms with van der Waals surface area (Å²) >= 11 is 0. The molecule has 11 heteroatoms. The normalized spacial score (nSPS) is 12.7. The average molecular weight is 534 g/mol. The number of carbonyl (C=O) groups excluding carboxylic acids is 1. The minimum atomic E-state index is -4.77. The van der Waals surface area contributed by atoms with Gasteiger partial charge in [-0.1, -0.05) is 6.07 Å². The Balaban J connectivity index is 1.46. The average Bonchev–Trinajstić information content (AvgIpc) is 3.21. The van der Waals surface area contributed by atoms with Crippen molar-refractivity contribution in [1.29, 1.82) is 0 Å². The third kappa shape index (κ3) is 5.93. The first-order valence-electron chi connectivity index (χ1n) is 13.5. The molecule has 2 aromatic carbocycles. The number of hydrogen-bond donors (Lipinski definition) is 2. The predicted octanol–water partition coefficient (Wildman–Crippen LogP) is 6.36. The Morgan fingerprint density at radius 1 is 1.08 bits per heavy atom. The van der Waals surface area contributed by atoms with Crippen molar-refractivity contribution in [2.45, 2.75) is 20.0 Å². The van der Waals surface area contributed by atoms with Gasteiger partial charge in [0, 0.05) is 52.9 Å². The van der Waals surface area contributed by atoms with Crippen LogP contribution in [0.25, 0.3) is 16.9 Å². The fourth-order valence-electron chi connectivity index (χ4n) is 3.64. The highest BCUT2D eigenvalue weighted by atomic mass is 19.4. The Hall–Kier alpha value is -5.06. The van der Waals surface area contributed by atoms with E-state index in [2.05, 4.69) is 30.6 Å². The van der Waals surface area contributed by atoms with E-state index in [-0.39, 0.29) is 52.7 Å². The van der Waals surface area contributed by atoms with Crippen molar-refractivity contribution >= 4 is 23.2 Å². The number of hydrogen-bond acceptors (Lipinski definition) is 6. The maximum Gasteiger partial charge on any atom is 0.416 e. The van der Waals surface area contributed by atoms with Gasteiger partial charge in [-0.05, 0) is 67.9 Å². The fraction of sp³-hybridized carbons (Fsp3) is 0.107. The fourth-order valence-corrected chi connectivity index (χ4v) is 3.64. The van der Waals surface area contributed by atoms with Gasteiger partial charge in [0.25, 0.3) is 5.91 Å². The molecule has 0 bridgehead atoms. The molecular weight excluding hydrogens is 507 g/mol. The Bertz CT molecular complexity index is 1860. The van der Waals surface area contributed by atoms with Crippen LogP contribution in [0.2, 0.25) is 0 Å². The maximum atomic E-state index is 13.7. The summed E-state index contributed by atoms with van der Waals surface area (Å²) in [6.45, 7) is 3.21. The van der Waals surface area contributed by atoms with Crippen LogP contribution in [0.5, 0.6) is 0 Å². The topological polar surface area (TPSA) is 97.6 Å². The molecule has 5 rings (SSSR count). The second kappa shape index (κ2) is 10.4. The summed E-state index contributed by atoms with van der Waals surface area (Å²) in [6.07, 6.45) is -2.70. The van der Waals surface area contributed by atoms with Crippen LogP contribution in [0.4, 0.5) is 30.5 Å². The molecule has 0 aliphatic heterocycles. The molecule has 0 atom stereocenters. The molecular formula is C28H22F3N7O. The molecule has 196 valence electrons. The molecule has 0 unspecified atom stereocenters. The smallest absolute Gasteiger partial charge is 0.324 e. The standard InChI is InChI=1S/C28H22F3N7O/c1-17-5-6-19(10-25(17)37-27-33-9-7-24(36-27)20-4-3-8-32-14-20)26(39)35-22-11-21(28(29,30)31)12-23(13-22)38-15-18(2)34-16-38/h3-16H,1-2H3,(H,35,39)(H,33,36,37)/i7D,9D,15D,16D. The van der Waals surface area contributed by atoms with Crippen LogP contribution in [0, 0.1) is 13.8 Å². The number of rotatable bonds is 6. The van der Waals surface area contributed by atoms with Gasteiger partial charge in [0.15, 0.2) is 0 Å². The van der Waals surface area contributed by atoms with Crippen LogP contribution in [0.3, 0.4) is 0 Å². The molecule has 3 heterocycles. The number of halogens is 3. The van der Waals surface area contributed by atoms with Gasteiger partial charge in [-0.3, -0.25) is 9.78 Å². The van der Waals surface area contributed by atoms with Crippen molar-refractivity contribution in [3.8, 4) is 16.9 Å². The number of aromatic nitrogens is 5. The summed E-state index contributed by atoms with van der Waals surface area (Å²) in [5.74, 6) is -0.733. The van der Waals surface area contributed by atoms with Crippen molar-refractivity contribution in [3.05, 3.63) is 108 Å². The van der Waals surface area contributed by atoms with Crippen molar-refractivity contribution in [1.82, 2.24) is 24.5 Å². The lowest BCUT2D eigenvalue weighted by Crippen LogP contribution is -2.14. The van der Waals surface area contributed by atoms with Crippen LogP contribution >= 0.6 is 0 Å². The van der Waals surface area contributed by atoms with Crippen LogP contribution in [-0.4, -0.2) is 30.4 Å². The number of aryl methyl sites for hydroxylation is 2. The molecule has 3 aromatic heterocycles. The largest absolute Gasteiger partial charge is 0.416 e. The molecule has 39 heavy (non-hydrogen) atoms. The van der Waals surface area contributed by atoms with E-state index in [1.807, 2.05) is 0 Å². The molecule has 0 radical (unpaired) electrons. The van der Waals surface area contributed by atoms with Crippen molar-refractivity contribution in [3.63, 3.8) is 0 Å². The SMILES string of the molecule is [2H]c1nc(Nc2cc(C(=O)Nc3cc(-n4c([2H])nc(C)c4[2H])cc(C(F)(F)F)c3)ccc2C)nc(-c2cccnc2)c1[2H]. The lowest BCUT2D eigenvalue weighted by atomic mass is 10.1. The Labute approximate surface area is 227 Å². The zero-order valence-electron chi connectivity index (χ0n) is 24.6. The Kier molecular flexibility index (Phi) is 5.56. The number of benzene rings is 2. The quantitative estimate of drug-likeness (QED) is 0.264. The van der Waals surface area contributed by atoms with Gasteiger partial charge in [-0.2, -0.15) is 13.2 Å². The number of alkyl halides is 3. The molecule has 0 aliphatic carbocycles. The van der Waals surface area contributed by atoms with E-state index in [0.717, 1.165) is 16.7 Å². The number of nitrogens with zero attached hydrogens (tertiary/aromatic N) is 5. The second-order valence-electron chi connectivity index (χ2n) is 8.49. The highest BCUT2D eigenvalue weighted by molar-refractivity contribution is 6.05. The van der Waals surface area contributed by atoms with Gasteiger partial charge >= 0.3 is 6.18 Å². The molecule has 0 spiro atoms. The van der Waals surface area contributed by atoms with Gasteiger partial charge in [0.05, 0.1) is 27.4 Å². The van der Waals surface area contributed by atoms with E-state index in [1.165, 1.54) is 31.3 Å². The number of anilines is 3. The number of carbonyl (C=O) groups is 1. The van der Waals surface area contributed by atoms with E-state index < -0.39 is 24.0 Å². The first-order chi connectivity index (χ1) is 20.3. The molecule has 0 saturated heterocycles. The summed E-state index contributed by atoms with van der Waals surface area (Å²) in [5, 5.41) is 5.43. The summed E-state index contributed by atoms with van der Waals surface area (Å²) in [7, 11) is 0. The zero-order valence-corrected chi connectivity index (χ0v) is 20.6. The molecule has 2 N–H and O–H groups in total. The van der Waals surface area contributed by atoms with Crippen molar-refractivity contribution in [2.24, 2.45) is 0 Å². The van der Waals surface area contributed by atoms with E-state index in [0.29, 0.717) is 16.8 Å². The van der Waals surface area contributed by atoms with Crippen LogP contribution in [0.1, 0.15) is 32.7 Å². The molecule has 0 fully saturated rings.